The maximum atomic E-state index is 11.7. The largest absolute Gasteiger partial charge is 0.229 e. The van der Waals surface area contributed by atoms with E-state index in [0.29, 0.717) is 11.1 Å². The molecule has 0 heterocycles. The van der Waals surface area contributed by atoms with Gasteiger partial charge in [-0.1, -0.05) is 18.2 Å². The molecule has 0 atom stereocenters. The maximum absolute atomic E-state index is 11.7. The molecule has 18 heavy (non-hydrogen) atoms. The third-order valence-corrected chi connectivity index (χ3v) is 5.06. The van der Waals surface area contributed by atoms with Gasteiger partial charge in [0, 0.05) is 6.26 Å². The molecular formula is C11H13NO4S2. The van der Waals surface area contributed by atoms with E-state index in [-0.39, 0.29) is 5.75 Å². The molecule has 0 radical (unpaired) electrons. The van der Waals surface area contributed by atoms with Crippen LogP contribution in [0.2, 0.25) is 0 Å². The first-order chi connectivity index (χ1) is 8.23. The molecule has 0 spiro atoms. The fraction of sp³-hybridized carbons (Fsp3) is 0.364. The zero-order chi connectivity index (χ0) is 13.8. The van der Waals surface area contributed by atoms with Crippen molar-refractivity contribution in [3.63, 3.8) is 0 Å². The van der Waals surface area contributed by atoms with Crippen LogP contribution in [0, 0.1) is 11.3 Å². The van der Waals surface area contributed by atoms with Gasteiger partial charge in [-0.3, -0.25) is 0 Å². The number of rotatable bonds is 5. The molecule has 7 heteroatoms. The van der Waals surface area contributed by atoms with Crippen LogP contribution >= 0.6 is 0 Å². The lowest BCUT2D eigenvalue weighted by Gasteiger charge is -2.05. The molecule has 0 unspecified atom stereocenters. The average molecular weight is 287 g/mol. The minimum absolute atomic E-state index is 0.292. The minimum Gasteiger partial charge on any atom is -0.229 e. The van der Waals surface area contributed by atoms with E-state index in [0.717, 1.165) is 6.26 Å². The molecule has 0 N–H and O–H groups in total. The second-order valence-corrected chi connectivity index (χ2v) is 8.43. The second kappa shape index (κ2) is 5.50. The first-order valence-corrected chi connectivity index (χ1v) is 8.98. The maximum Gasteiger partial charge on any atom is 0.155 e. The summed E-state index contributed by atoms with van der Waals surface area (Å²) in [5, 5.41) is 8.83. The number of sulfone groups is 2. The Kier molecular flexibility index (Phi) is 4.48. The fourth-order valence-electron chi connectivity index (χ4n) is 1.34. The summed E-state index contributed by atoms with van der Waals surface area (Å²) in [5.74, 6) is -1.14. The van der Waals surface area contributed by atoms with Crippen molar-refractivity contribution in [1.29, 1.82) is 5.26 Å². The zero-order valence-electron chi connectivity index (χ0n) is 9.83. The Morgan fingerprint density at radius 1 is 1.11 bits per heavy atom. The standard InChI is InChI=1S/C11H13NO4S2/c1-17(13,14)6-7-18(15,16)9-11-5-3-2-4-10(11)8-12/h2-5H,6-7,9H2,1H3. The van der Waals surface area contributed by atoms with Crippen LogP contribution in [0.1, 0.15) is 11.1 Å². The third kappa shape index (κ3) is 4.85. The molecule has 0 bridgehead atoms. The van der Waals surface area contributed by atoms with E-state index >= 15 is 0 Å². The molecule has 0 aliphatic rings. The lowest BCUT2D eigenvalue weighted by atomic mass is 10.1. The molecule has 0 amide bonds. The van der Waals surface area contributed by atoms with Crippen molar-refractivity contribution in [2.24, 2.45) is 0 Å². The fourth-order valence-corrected chi connectivity index (χ4v) is 4.44. The Balaban J connectivity index is 2.87. The van der Waals surface area contributed by atoms with Crippen LogP contribution < -0.4 is 0 Å². The van der Waals surface area contributed by atoms with Crippen LogP contribution in [0.25, 0.3) is 0 Å². The first-order valence-electron chi connectivity index (χ1n) is 5.10. The molecule has 0 aliphatic heterocycles. The van der Waals surface area contributed by atoms with Crippen molar-refractivity contribution >= 4 is 19.7 Å². The molecule has 0 saturated heterocycles. The smallest absolute Gasteiger partial charge is 0.155 e. The lowest BCUT2D eigenvalue weighted by Crippen LogP contribution is -2.18. The summed E-state index contributed by atoms with van der Waals surface area (Å²) >= 11 is 0. The quantitative estimate of drug-likeness (QED) is 0.787. The molecule has 0 fully saturated rings. The number of benzene rings is 1. The number of hydrogen-bond donors (Lipinski definition) is 0. The number of nitriles is 1. The average Bonchev–Trinajstić information content (AvgIpc) is 2.26. The van der Waals surface area contributed by atoms with Crippen LogP contribution in [0.4, 0.5) is 0 Å². The first kappa shape index (κ1) is 14.7. The van der Waals surface area contributed by atoms with Crippen molar-refractivity contribution < 1.29 is 16.8 Å². The van der Waals surface area contributed by atoms with E-state index in [2.05, 4.69) is 0 Å². The van der Waals surface area contributed by atoms with E-state index < -0.39 is 31.2 Å². The van der Waals surface area contributed by atoms with E-state index in [9.17, 15) is 16.8 Å². The lowest BCUT2D eigenvalue weighted by molar-refractivity contribution is 0.589. The minimum atomic E-state index is -3.53. The van der Waals surface area contributed by atoms with Crippen molar-refractivity contribution in [1.82, 2.24) is 0 Å². The Bertz CT molecular complexity index is 669. The molecule has 0 aliphatic carbocycles. The Morgan fingerprint density at radius 2 is 1.72 bits per heavy atom. The summed E-state index contributed by atoms with van der Waals surface area (Å²) in [6.07, 6.45) is 0.992. The highest BCUT2D eigenvalue weighted by Gasteiger charge is 2.17. The highest BCUT2D eigenvalue weighted by molar-refractivity contribution is 7.94. The van der Waals surface area contributed by atoms with Crippen LogP contribution in [-0.2, 0) is 25.4 Å². The third-order valence-electron chi connectivity index (χ3n) is 2.28. The van der Waals surface area contributed by atoms with Gasteiger partial charge in [0.2, 0.25) is 0 Å². The molecule has 1 aromatic rings. The SMILES string of the molecule is CS(=O)(=O)CCS(=O)(=O)Cc1ccccc1C#N. The zero-order valence-corrected chi connectivity index (χ0v) is 11.5. The topological polar surface area (TPSA) is 92.1 Å². The van der Waals surface area contributed by atoms with E-state index in [1.165, 1.54) is 6.07 Å². The van der Waals surface area contributed by atoms with E-state index in [1.54, 1.807) is 18.2 Å². The summed E-state index contributed by atoms with van der Waals surface area (Å²) < 4.78 is 45.4. The van der Waals surface area contributed by atoms with Crippen molar-refractivity contribution in [2.75, 3.05) is 17.8 Å². The predicted octanol–water partition coefficient (Wildman–Crippen LogP) is 0.518. The molecule has 98 valence electrons. The van der Waals surface area contributed by atoms with E-state index in [1.807, 2.05) is 6.07 Å². The van der Waals surface area contributed by atoms with Gasteiger partial charge in [0.1, 0.15) is 9.84 Å². The second-order valence-electron chi connectivity index (χ2n) is 3.99. The molecule has 0 saturated carbocycles. The summed E-state index contributed by atoms with van der Waals surface area (Å²) in [6.45, 7) is 0. The van der Waals surface area contributed by atoms with Gasteiger partial charge in [-0.25, -0.2) is 16.8 Å². The molecule has 1 rings (SSSR count). The summed E-state index contributed by atoms with van der Waals surface area (Å²) in [7, 11) is -6.84. The highest BCUT2D eigenvalue weighted by Crippen LogP contribution is 2.12. The number of hydrogen-bond acceptors (Lipinski definition) is 5. The van der Waals surface area contributed by atoms with E-state index in [4.69, 9.17) is 5.26 Å². The van der Waals surface area contributed by atoms with Crippen LogP contribution in [0.5, 0.6) is 0 Å². The van der Waals surface area contributed by atoms with Gasteiger partial charge in [0.25, 0.3) is 0 Å². The Labute approximate surface area is 107 Å². The predicted molar refractivity (Wildman–Crippen MR) is 68.4 cm³/mol. The summed E-state index contributed by atoms with van der Waals surface area (Å²) in [5.41, 5.74) is 0.689. The Hall–Kier alpha value is -1.39. The normalized spacial score (nSPS) is 12.0. The van der Waals surface area contributed by atoms with Gasteiger partial charge in [0.05, 0.1) is 28.9 Å². The van der Waals surface area contributed by atoms with Gasteiger partial charge in [-0.05, 0) is 11.6 Å². The van der Waals surface area contributed by atoms with Crippen LogP contribution in [0.3, 0.4) is 0 Å². The summed E-state index contributed by atoms with van der Waals surface area (Å²) in [4.78, 5) is 0. The van der Waals surface area contributed by atoms with Gasteiger partial charge in [-0.2, -0.15) is 5.26 Å². The molecule has 0 aromatic heterocycles. The van der Waals surface area contributed by atoms with Crippen LogP contribution in [0.15, 0.2) is 24.3 Å². The van der Waals surface area contributed by atoms with Crippen molar-refractivity contribution in [3.8, 4) is 6.07 Å². The van der Waals surface area contributed by atoms with Gasteiger partial charge in [0.15, 0.2) is 9.84 Å². The van der Waals surface area contributed by atoms with Gasteiger partial charge in [-0.15, -0.1) is 0 Å². The monoisotopic (exact) mass is 287 g/mol. The van der Waals surface area contributed by atoms with Crippen molar-refractivity contribution in [3.05, 3.63) is 35.4 Å². The van der Waals surface area contributed by atoms with Gasteiger partial charge < -0.3 is 0 Å². The molecular weight excluding hydrogens is 274 g/mol. The highest BCUT2D eigenvalue weighted by atomic mass is 32.2. The number of nitrogens with zero attached hydrogens (tertiary/aromatic N) is 1. The molecule has 5 nitrogen and oxygen atoms in total. The van der Waals surface area contributed by atoms with Crippen molar-refractivity contribution in [2.45, 2.75) is 5.75 Å². The summed E-state index contributed by atoms with van der Waals surface area (Å²) in [6, 6.07) is 8.27. The van der Waals surface area contributed by atoms with Crippen LogP contribution in [-0.4, -0.2) is 34.6 Å². The molecule has 1 aromatic carbocycles. The Morgan fingerprint density at radius 3 is 2.28 bits per heavy atom. The van der Waals surface area contributed by atoms with Gasteiger partial charge >= 0.3 is 0 Å².